The Bertz CT molecular complexity index is 956. The maximum Gasteiger partial charge on any atom is 0.270 e. The fraction of sp³-hybridized carbons (Fsp3) is 0.190. The number of hydrogen-bond donors (Lipinski definition) is 2. The van der Waals surface area contributed by atoms with Crippen LogP contribution >= 0.6 is 0 Å². The van der Waals surface area contributed by atoms with Gasteiger partial charge in [0.25, 0.3) is 5.91 Å². The smallest absolute Gasteiger partial charge is 0.270 e. The average molecular weight is 362 g/mol. The zero-order valence-electron chi connectivity index (χ0n) is 15.6. The summed E-state index contributed by atoms with van der Waals surface area (Å²) in [6.45, 7) is 4.30. The van der Waals surface area contributed by atoms with Crippen LogP contribution in [0.15, 0.2) is 54.6 Å². The molecule has 3 rings (SSSR count). The van der Waals surface area contributed by atoms with Crippen molar-refractivity contribution in [2.75, 3.05) is 12.4 Å². The molecule has 6 heteroatoms. The molecule has 0 saturated heterocycles. The number of carbonyl (C=O) groups is 1. The molecule has 1 amide bonds. The van der Waals surface area contributed by atoms with Gasteiger partial charge in [-0.15, -0.1) is 0 Å². The first-order valence-corrected chi connectivity index (χ1v) is 8.64. The van der Waals surface area contributed by atoms with E-state index in [-0.39, 0.29) is 5.91 Å². The molecule has 0 saturated carbocycles. The van der Waals surface area contributed by atoms with Crippen LogP contribution in [0.4, 0.5) is 11.6 Å². The highest BCUT2D eigenvalue weighted by atomic mass is 16.5. The van der Waals surface area contributed by atoms with Crippen molar-refractivity contribution in [2.45, 2.75) is 20.4 Å². The quantitative estimate of drug-likeness (QED) is 0.698. The van der Waals surface area contributed by atoms with Crippen molar-refractivity contribution in [3.8, 4) is 5.75 Å². The van der Waals surface area contributed by atoms with Gasteiger partial charge in [-0.25, -0.2) is 9.97 Å². The van der Waals surface area contributed by atoms with Crippen LogP contribution in [0.1, 0.15) is 27.3 Å². The minimum atomic E-state index is -0.238. The topological polar surface area (TPSA) is 76.1 Å². The number of methoxy groups -OCH3 is 1. The van der Waals surface area contributed by atoms with Gasteiger partial charge in [0.15, 0.2) is 0 Å². The molecule has 2 aromatic carbocycles. The summed E-state index contributed by atoms with van der Waals surface area (Å²) >= 11 is 0. The number of amides is 1. The van der Waals surface area contributed by atoms with Gasteiger partial charge in [-0.2, -0.15) is 0 Å². The predicted molar refractivity (Wildman–Crippen MR) is 105 cm³/mol. The van der Waals surface area contributed by atoms with E-state index in [1.54, 1.807) is 13.2 Å². The number of nitrogens with zero attached hydrogens (tertiary/aromatic N) is 2. The molecule has 0 bridgehead atoms. The molecule has 2 N–H and O–H groups in total. The summed E-state index contributed by atoms with van der Waals surface area (Å²) in [5.41, 5.74) is 4.02. The van der Waals surface area contributed by atoms with Gasteiger partial charge >= 0.3 is 0 Å². The third kappa shape index (κ3) is 4.82. The van der Waals surface area contributed by atoms with Crippen LogP contribution in [0.25, 0.3) is 0 Å². The van der Waals surface area contributed by atoms with Crippen LogP contribution in [-0.2, 0) is 6.54 Å². The second-order valence-electron chi connectivity index (χ2n) is 6.18. The summed E-state index contributed by atoms with van der Waals surface area (Å²) in [5.74, 6) is 0.852. The molecule has 1 heterocycles. The Kier molecular flexibility index (Phi) is 5.66. The highest BCUT2D eigenvalue weighted by Crippen LogP contribution is 2.19. The van der Waals surface area contributed by atoms with E-state index >= 15 is 0 Å². The van der Waals surface area contributed by atoms with Gasteiger partial charge in [0, 0.05) is 24.0 Å². The average Bonchev–Trinajstić information content (AvgIpc) is 2.67. The molecule has 0 spiro atoms. The number of rotatable bonds is 6. The number of ether oxygens (including phenoxy) is 1. The van der Waals surface area contributed by atoms with Crippen molar-refractivity contribution in [3.05, 3.63) is 77.1 Å². The highest BCUT2D eigenvalue weighted by molar-refractivity contribution is 5.92. The zero-order chi connectivity index (χ0) is 19.2. The Balaban J connectivity index is 1.74. The van der Waals surface area contributed by atoms with E-state index in [9.17, 15) is 4.79 Å². The van der Waals surface area contributed by atoms with E-state index in [0.717, 1.165) is 22.6 Å². The van der Waals surface area contributed by atoms with Gasteiger partial charge in [0.2, 0.25) is 5.95 Å². The molecular formula is C21H22N4O2. The van der Waals surface area contributed by atoms with Crippen molar-refractivity contribution < 1.29 is 9.53 Å². The third-order valence-corrected chi connectivity index (χ3v) is 4.11. The fourth-order valence-corrected chi connectivity index (χ4v) is 2.65. The molecule has 0 radical (unpaired) electrons. The largest absolute Gasteiger partial charge is 0.497 e. The van der Waals surface area contributed by atoms with Crippen LogP contribution in [0, 0.1) is 13.8 Å². The van der Waals surface area contributed by atoms with Crippen molar-refractivity contribution in [1.82, 2.24) is 15.3 Å². The first-order chi connectivity index (χ1) is 13.0. The second kappa shape index (κ2) is 8.31. The summed E-state index contributed by atoms with van der Waals surface area (Å²) < 4.78 is 5.22. The monoisotopic (exact) mass is 362 g/mol. The van der Waals surface area contributed by atoms with Crippen LogP contribution in [0.3, 0.4) is 0 Å². The Morgan fingerprint density at radius 3 is 2.63 bits per heavy atom. The molecule has 1 aromatic heterocycles. The molecule has 0 aliphatic carbocycles. The van der Waals surface area contributed by atoms with Crippen molar-refractivity contribution in [1.29, 1.82) is 0 Å². The molecule has 6 nitrogen and oxygen atoms in total. The van der Waals surface area contributed by atoms with E-state index in [2.05, 4.69) is 20.6 Å². The number of carbonyl (C=O) groups excluding carboxylic acids is 1. The van der Waals surface area contributed by atoms with Crippen molar-refractivity contribution >= 4 is 17.5 Å². The molecule has 3 aromatic rings. The number of benzene rings is 2. The summed E-state index contributed by atoms with van der Waals surface area (Å²) in [7, 11) is 1.61. The normalized spacial score (nSPS) is 10.3. The predicted octanol–water partition coefficient (Wildman–Crippen LogP) is 3.78. The number of hydrogen-bond acceptors (Lipinski definition) is 5. The minimum absolute atomic E-state index is 0.238. The zero-order valence-corrected chi connectivity index (χ0v) is 15.6. The van der Waals surface area contributed by atoms with Crippen LogP contribution in [0.5, 0.6) is 5.75 Å². The molecule has 0 fully saturated rings. The second-order valence-corrected chi connectivity index (χ2v) is 6.18. The van der Waals surface area contributed by atoms with Gasteiger partial charge in [-0.3, -0.25) is 4.79 Å². The Morgan fingerprint density at radius 2 is 1.85 bits per heavy atom. The molecule has 27 heavy (non-hydrogen) atoms. The van der Waals surface area contributed by atoms with E-state index in [4.69, 9.17) is 4.74 Å². The van der Waals surface area contributed by atoms with Gasteiger partial charge in [0.1, 0.15) is 11.4 Å². The lowest BCUT2D eigenvalue weighted by molar-refractivity contribution is 0.0945. The first kappa shape index (κ1) is 18.4. The third-order valence-electron chi connectivity index (χ3n) is 4.11. The first-order valence-electron chi connectivity index (χ1n) is 8.64. The summed E-state index contributed by atoms with van der Waals surface area (Å²) in [4.78, 5) is 21.2. The molecule has 0 atom stereocenters. The summed E-state index contributed by atoms with van der Waals surface area (Å²) in [6, 6.07) is 17.1. The summed E-state index contributed by atoms with van der Waals surface area (Å²) in [5, 5.41) is 6.03. The van der Waals surface area contributed by atoms with Crippen LogP contribution in [-0.4, -0.2) is 23.0 Å². The Morgan fingerprint density at radius 1 is 1.04 bits per heavy atom. The van der Waals surface area contributed by atoms with Gasteiger partial charge in [0.05, 0.1) is 7.11 Å². The van der Waals surface area contributed by atoms with E-state index in [1.807, 2.05) is 62.4 Å². The summed E-state index contributed by atoms with van der Waals surface area (Å²) in [6.07, 6.45) is 0. The standard InChI is InChI=1S/C21H22N4O2/c1-14-7-4-5-8-16(14)13-22-20(26)19-11-15(2)23-21(25-19)24-17-9-6-10-18(12-17)27-3/h4-12H,13H2,1-3H3,(H,22,26)(H,23,24,25). The van der Waals surface area contributed by atoms with Crippen LogP contribution in [0.2, 0.25) is 0 Å². The number of aromatic nitrogens is 2. The highest BCUT2D eigenvalue weighted by Gasteiger charge is 2.11. The van der Waals surface area contributed by atoms with E-state index in [1.165, 1.54) is 0 Å². The lowest BCUT2D eigenvalue weighted by Crippen LogP contribution is -2.24. The molecule has 0 unspecified atom stereocenters. The van der Waals surface area contributed by atoms with Crippen molar-refractivity contribution in [2.24, 2.45) is 0 Å². The maximum absolute atomic E-state index is 12.5. The lowest BCUT2D eigenvalue weighted by Gasteiger charge is -2.10. The van der Waals surface area contributed by atoms with Crippen molar-refractivity contribution in [3.63, 3.8) is 0 Å². The van der Waals surface area contributed by atoms with Gasteiger partial charge in [-0.1, -0.05) is 30.3 Å². The number of nitrogens with one attached hydrogen (secondary N) is 2. The minimum Gasteiger partial charge on any atom is -0.497 e. The molecule has 0 aliphatic heterocycles. The Hall–Kier alpha value is -3.41. The number of anilines is 2. The number of aryl methyl sites for hydroxylation is 2. The SMILES string of the molecule is COc1cccc(Nc2nc(C)cc(C(=O)NCc3ccccc3C)n2)c1. The van der Waals surface area contributed by atoms with Gasteiger partial charge < -0.3 is 15.4 Å². The molecular weight excluding hydrogens is 340 g/mol. The van der Waals surface area contributed by atoms with E-state index in [0.29, 0.717) is 23.9 Å². The lowest BCUT2D eigenvalue weighted by atomic mass is 10.1. The molecule has 138 valence electrons. The van der Waals surface area contributed by atoms with E-state index < -0.39 is 0 Å². The molecule has 0 aliphatic rings. The fourth-order valence-electron chi connectivity index (χ4n) is 2.65. The Labute approximate surface area is 158 Å². The van der Waals surface area contributed by atoms with Crippen LogP contribution < -0.4 is 15.4 Å². The van der Waals surface area contributed by atoms with Gasteiger partial charge in [-0.05, 0) is 43.2 Å². The maximum atomic E-state index is 12.5.